The Morgan fingerprint density at radius 2 is 2.10 bits per heavy atom. The molecule has 0 radical (unpaired) electrons. The highest BCUT2D eigenvalue weighted by molar-refractivity contribution is 7.93. The van der Waals surface area contributed by atoms with E-state index in [0.29, 0.717) is 10.5 Å². The van der Waals surface area contributed by atoms with E-state index in [1.165, 1.54) is 29.8 Å². The summed E-state index contributed by atoms with van der Waals surface area (Å²) in [5.41, 5.74) is 6.46. The van der Waals surface area contributed by atoms with E-state index in [4.69, 9.17) is 17.3 Å². The minimum Gasteiger partial charge on any atom is -0.398 e. The van der Waals surface area contributed by atoms with Crippen LogP contribution in [0.1, 0.15) is 0 Å². The zero-order chi connectivity index (χ0) is 15.0. The van der Waals surface area contributed by atoms with Gasteiger partial charge in [-0.3, -0.25) is 9.71 Å². The van der Waals surface area contributed by atoms with Gasteiger partial charge < -0.3 is 5.73 Å². The van der Waals surface area contributed by atoms with Crippen molar-refractivity contribution < 1.29 is 8.42 Å². The summed E-state index contributed by atoms with van der Waals surface area (Å²) in [6.45, 7) is 0. The van der Waals surface area contributed by atoms with Gasteiger partial charge >= 0.3 is 0 Å². The molecule has 6 nitrogen and oxygen atoms in total. The van der Waals surface area contributed by atoms with E-state index in [9.17, 15) is 8.42 Å². The van der Waals surface area contributed by atoms with Crippen LogP contribution in [0.15, 0.2) is 41.6 Å². The third kappa shape index (κ3) is 2.78. The number of rotatable bonds is 3. The summed E-state index contributed by atoms with van der Waals surface area (Å²) in [6.07, 6.45) is 2.62. The van der Waals surface area contributed by atoms with Crippen molar-refractivity contribution in [2.45, 2.75) is 4.90 Å². The Kier molecular flexibility index (Phi) is 3.44. The predicted molar refractivity (Wildman–Crippen MR) is 84.1 cm³/mol. The second-order valence-electron chi connectivity index (χ2n) is 4.15. The molecule has 0 aliphatic rings. The van der Waals surface area contributed by atoms with Crippen LogP contribution in [0.25, 0.3) is 10.2 Å². The highest BCUT2D eigenvalue weighted by Gasteiger charge is 2.19. The fraction of sp³-hybridized carbons (Fsp3) is 0. The SMILES string of the molecule is Nc1ccncc1S(=O)(=O)Nc1nc2ccc(Cl)cc2s1. The average Bonchev–Trinajstić information content (AvgIpc) is 2.79. The van der Waals surface area contributed by atoms with E-state index in [-0.39, 0.29) is 15.7 Å². The number of nitrogens with zero attached hydrogens (tertiary/aromatic N) is 2. The third-order valence-electron chi connectivity index (χ3n) is 2.68. The second-order valence-corrected chi connectivity index (χ2v) is 7.27. The first-order valence-electron chi connectivity index (χ1n) is 5.74. The van der Waals surface area contributed by atoms with Gasteiger partial charge in [-0.05, 0) is 24.3 Å². The van der Waals surface area contributed by atoms with Crippen molar-refractivity contribution in [2.75, 3.05) is 10.5 Å². The molecule has 0 fully saturated rings. The first-order valence-corrected chi connectivity index (χ1v) is 8.42. The average molecular weight is 341 g/mol. The van der Waals surface area contributed by atoms with Gasteiger partial charge in [-0.1, -0.05) is 22.9 Å². The molecule has 108 valence electrons. The summed E-state index contributed by atoms with van der Waals surface area (Å²) in [7, 11) is -3.82. The van der Waals surface area contributed by atoms with Gasteiger partial charge in [0.15, 0.2) is 5.13 Å². The number of nitrogen functional groups attached to an aromatic ring is 1. The van der Waals surface area contributed by atoms with Gasteiger partial charge in [0, 0.05) is 17.4 Å². The summed E-state index contributed by atoms with van der Waals surface area (Å²) in [5.74, 6) is 0. The van der Waals surface area contributed by atoms with E-state index in [1.54, 1.807) is 18.2 Å². The van der Waals surface area contributed by atoms with E-state index in [1.807, 2.05) is 0 Å². The smallest absolute Gasteiger partial charge is 0.267 e. The number of thiazole rings is 1. The topological polar surface area (TPSA) is 98.0 Å². The van der Waals surface area contributed by atoms with Gasteiger partial charge in [-0.2, -0.15) is 0 Å². The molecule has 0 unspecified atom stereocenters. The summed E-state index contributed by atoms with van der Waals surface area (Å²) in [6, 6.07) is 6.57. The predicted octanol–water partition coefficient (Wildman–Crippen LogP) is 2.73. The van der Waals surface area contributed by atoms with Gasteiger partial charge in [-0.15, -0.1) is 0 Å². The maximum absolute atomic E-state index is 12.3. The highest BCUT2D eigenvalue weighted by Crippen LogP contribution is 2.30. The minimum atomic E-state index is -3.82. The highest BCUT2D eigenvalue weighted by atomic mass is 35.5. The summed E-state index contributed by atoms with van der Waals surface area (Å²) < 4.78 is 27.7. The molecule has 2 aromatic heterocycles. The molecule has 1 aromatic carbocycles. The Morgan fingerprint density at radius 3 is 2.86 bits per heavy atom. The number of nitrogens with one attached hydrogen (secondary N) is 1. The number of hydrogen-bond donors (Lipinski definition) is 2. The Labute approximate surface area is 129 Å². The summed E-state index contributed by atoms with van der Waals surface area (Å²) >= 11 is 7.08. The molecule has 0 spiro atoms. The van der Waals surface area contributed by atoms with Crippen LogP contribution in [-0.4, -0.2) is 18.4 Å². The molecule has 0 bridgehead atoms. The Morgan fingerprint density at radius 1 is 1.29 bits per heavy atom. The molecule has 0 aliphatic carbocycles. The minimum absolute atomic E-state index is 0.0812. The standard InChI is InChI=1S/C12H9ClN4O2S2/c13-7-1-2-9-10(5-7)20-12(16-9)17-21(18,19)11-6-15-4-3-8(11)14/h1-6H,(H2,14,15)(H,16,17). The first-order chi connectivity index (χ1) is 9.95. The lowest BCUT2D eigenvalue weighted by atomic mass is 10.3. The van der Waals surface area contributed by atoms with Crippen LogP contribution in [0, 0.1) is 0 Å². The number of hydrogen-bond acceptors (Lipinski definition) is 6. The molecule has 0 saturated carbocycles. The van der Waals surface area contributed by atoms with Crippen molar-refractivity contribution >= 4 is 54.0 Å². The van der Waals surface area contributed by atoms with Crippen LogP contribution < -0.4 is 10.5 Å². The number of nitrogens with two attached hydrogens (primary N) is 1. The first kappa shape index (κ1) is 14.1. The largest absolute Gasteiger partial charge is 0.398 e. The maximum Gasteiger partial charge on any atom is 0.267 e. The normalized spacial score (nSPS) is 11.7. The van der Waals surface area contributed by atoms with Crippen molar-refractivity contribution in [2.24, 2.45) is 0 Å². The number of fused-ring (bicyclic) bond motifs is 1. The number of pyridine rings is 1. The van der Waals surface area contributed by atoms with Crippen LogP contribution in [0.3, 0.4) is 0 Å². The van der Waals surface area contributed by atoms with Crippen molar-refractivity contribution in [3.8, 4) is 0 Å². The van der Waals surface area contributed by atoms with Crippen LogP contribution in [-0.2, 0) is 10.0 Å². The van der Waals surface area contributed by atoms with Gasteiger partial charge in [0.05, 0.1) is 15.9 Å². The van der Waals surface area contributed by atoms with Crippen LogP contribution in [0.4, 0.5) is 10.8 Å². The zero-order valence-corrected chi connectivity index (χ0v) is 12.8. The van der Waals surface area contributed by atoms with Crippen molar-refractivity contribution in [3.05, 3.63) is 41.7 Å². The lowest BCUT2D eigenvalue weighted by Gasteiger charge is -2.06. The molecule has 2 heterocycles. The lowest BCUT2D eigenvalue weighted by Crippen LogP contribution is -2.14. The van der Waals surface area contributed by atoms with Gasteiger partial charge in [-0.25, -0.2) is 13.4 Å². The quantitative estimate of drug-likeness (QED) is 0.763. The number of anilines is 2. The Balaban J connectivity index is 1.99. The molecular formula is C12H9ClN4O2S2. The summed E-state index contributed by atoms with van der Waals surface area (Å²) in [5, 5.41) is 0.813. The van der Waals surface area contributed by atoms with Crippen LogP contribution in [0.5, 0.6) is 0 Å². The fourth-order valence-corrected chi connectivity index (χ4v) is 4.18. The second kappa shape index (κ2) is 5.14. The Hall–Kier alpha value is -1.90. The van der Waals surface area contributed by atoms with E-state index in [2.05, 4.69) is 14.7 Å². The van der Waals surface area contributed by atoms with Gasteiger partial charge in [0.2, 0.25) is 0 Å². The van der Waals surface area contributed by atoms with Crippen LogP contribution >= 0.6 is 22.9 Å². The molecule has 3 rings (SSSR count). The molecular weight excluding hydrogens is 332 g/mol. The molecule has 0 aliphatic heterocycles. The van der Waals surface area contributed by atoms with E-state index in [0.717, 1.165) is 4.70 Å². The van der Waals surface area contributed by atoms with E-state index < -0.39 is 10.0 Å². The molecule has 0 atom stereocenters. The molecule has 3 aromatic rings. The zero-order valence-electron chi connectivity index (χ0n) is 10.4. The van der Waals surface area contributed by atoms with Crippen molar-refractivity contribution in [1.82, 2.24) is 9.97 Å². The van der Waals surface area contributed by atoms with Crippen molar-refractivity contribution in [3.63, 3.8) is 0 Å². The van der Waals surface area contributed by atoms with E-state index >= 15 is 0 Å². The molecule has 0 saturated heterocycles. The number of halogens is 1. The number of benzene rings is 1. The van der Waals surface area contributed by atoms with Gasteiger partial charge in [0.25, 0.3) is 10.0 Å². The number of aromatic nitrogens is 2. The monoisotopic (exact) mass is 340 g/mol. The van der Waals surface area contributed by atoms with Crippen molar-refractivity contribution in [1.29, 1.82) is 0 Å². The van der Waals surface area contributed by atoms with Gasteiger partial charge in [0.1, 0.15) is 4.90 Å². The fourth-order valence-electron chi connectivity index (χ4n) is 1.73. The third-order valence-corrected chi connectivity index (χ3v) is 5.36. The molecule has 9 heteroatoms. The molecule has 0 amide bonds. The Bertz CT molecular complexity index is 924. The lowest BCUT2D eigenvalue weighted by molar-refractivity contribution is 0.601. The summed E-state index contributed by atoms with van der Waals surface area (Å²) in [4.78, 5) is 7.90. The molecule has 3 N–H and O–H groups in total. The van der Waals surface area contributed by atoms with Crippen LogP contribution in [0.2, 0.25) is 5.02 Å². The molecule has 21 heavy (non-hydrogen) atoms. The number of sulfonamides is 1. The maximum atomic E-state index is 12.3.